The SMILES string of the molecule is CCCCC1(CC)COC(=O)O1. The minimum Gasteiger partial charge on any atom is -0.430 e. The van der Waals surface area contributed by atoms with E-state index in [-0.39, 0.29) is 5.60 Å². The van der Waals surface area contributed by atoms with E-state index in [1.165, 1.54) is 0 Å². The first-order chi connectivity index (χ1) is 5.72. The number of hydrogen-bond donors (Lipinski definition) is 0. The fourth-order valence-corrected chi connectivity index (χ4v) is 1.40. The van der Waals surface area contributed by atoms with Gasteiger partial charge in [0.1, 0.15) is 12.2 Å². The molecule has 70 valence electrons. The Kier molecular flexibility index (Phi) is 2.95. The number of unbranched alkanes of at least 4 members (excludes halogenated alkanes) is 1. The first kappa shape index (κ1) is 9.36. The molecular formula is C9H16O3. The molecule has 0 aromatic heterocycles. The van der Waals surface area contributed by atoms with Crippen LogP contribution in [-0.4, -0.2) is 18.4 Å². The molecule has 1 rings (SSSR count). The number of cyclic esters (lactones) is 2. The summed E-state index contributed by atoms with van der Waals surface area (Å²) < 4.78 is 9.93. The van der Waals surface area contributed by atoms with Crippen LogP contribution in [0.5, 0.6) is 0 Å². The Hall–Kier alpha value is -0.730. The fraction of sp³-hybridized carbons (Fsp3) is 0.889. The molecule has 1 atom stereocenters. The summed E-state index contributed by atoms with van der Waals surface area (Å²) in [7, 11) is 0. The molecule has 1 aliphatic heterocycles. The molecule has 1 fully saturated rings. The predicted octanol–water partition coefficient (Wildman–Crippen LogP) is 2.49. The number of carbonyl (C=O) groups is 1. The third kappa shape index (κ3) is 1.90. The largest absolute Gasteiger partial charge is 0.509 e. The van der Waals surface area contributed by atoms with Crippen molar-refractivity contribution in [1.29, 1.82) is 0 Å². The molecule has 3 nitrogen and oxygen atoms in total. The van der Waals surface area contributed by atoms with Gasteiger partial charge in [-0.25, -0.2) is 4.79 Å². The Labute approximate surface area is 73.0 Å². The molecule has 1 saturated heterocycles. The summed E-state index contributed by atoms with van der Waals surface area (Å²) in [5, 5.41) is 0. The van der Waals surface area contributed by atoms with Crippen molar-refractivity contribution in [3.05, 3.63) is 0 Å². The molecule has 1 aliphatic rings. The van der Waals surface area contributed by atoms with Crippen LogP contribution in [0.2, 0.25) is 0 Å². The van der Waals surface area contributed by atoms with Crippen molar-refractivity contribution >= 4 is 6.16 Å². The maximum absolute atomic E-state index is 10.7. The third-order valence-electron chi connectivity index (χ3n) is 2.38. The van der Waals surface area contributed by atoms with Gasteiger partial charge in [-0.2, -0.15) is 0 Å². The lowest BCUT2D eigenvalue weighted by atomic mass is 9.95. The molecule has 1 unspecified atom stereocenters. The van der Waals surface area contributed by atoms with E-state index in [0.717, 1.165) is 25.7 Å². The van der Waals surface area contributed by atoms with E-state index >= 15 is 0 Å². The lowest BCUT2D eigenvalue weighted by Gasteiger charge is -2.22. The van der Waals surface area contributed by atoms with E-state index in [9.17, 15) is 4.79 Å². The van der Waals surface area contributed by atoms with Crippen molar-refractivity contribution in [2.45, 2.75) is 45.1 Å². The van der Waals surface area contributed by atoms with Gasteiger partial charge in [0, 0.05) is 0 Å². The van der Waals surface area contributed by atoms with Crippen LogP contribution in [0.4, 0.5) is 4.79 Å². The van der Waals surface area contributed by atoms with Crippen molar-refractivity contribution in [1.82, 2.24) is 0 Å². The average Bonchev–Trinajstić information content (AvgIpc) is 2.45. The van der Waals surface area contributed by atoms with Crippen molar-refractivity contribution in [2.24, 2.45) is 0 Å². The molecule has 0 aromatic rings. The van der Waals surface area contributed by atoms with Crippen molar-refractivity contribution < 1.29 is 14.3 Å². The normalized spacial score (nSPS) is 28.3. The smallest absolute Gasteiger partial charge is 0.430 e. The summed E-state index contributed by atoms with van der Waals surface area (Å²) in [5.74, 6) is 0. The van der Waals surface area contributed by atoms with Gasteiger partial charge >= 0.3 is 6.16 Å². The molecule has 1 heterocycles. The average molecular weight is 172 g/mol. The van der Waals surface area contributed by atoms with Gasteiger partial charge in [-0.1, -0.05) is 20.3 Å². The monoisotopic (exact) mass is 172 g/mol. The lowest BCUT2D eigenvalue weighted by molar-refractivity contribution is 0.0445. The van der Waals surface area contributed by atoms with Crippen LogP contribution < -0.4 is 0 Å². The van der Waals surface area contributed by atoms with Gasteiger partial charge in [0.15, 0.2) is 0 Å². The van der Waals surface area contributed by atoms with Crippen molar-refractivity contribution in [3.8, 4) is 0 Å². The molecular weight excluding hydrogens is 156 g/mol. The summed E-state index contributed by atoms with van der Waals surface area (Å²) >= 11 is 0. The highest BCUT2D eigenvalue weighted by Crippen LogP contribution is 2.29. The van der Waals surface area contributed by atoms with Crippen molar-refractivity contribution in [3.63, 3.8) is 0 Å². The van der Waals surface area contributed by atoms with Gasteiger partial charge in [0.25, 0.3) is 0 Å². The van der Waals surface area contributed by atoms with E-state index in [2.05, 4.69) is 6.92 Å². The summed E-state index contributed by atoms with van der Waals surface area (Å²) in [5.41, 5.74) is -0.312. The lowest BCUT2D eigenvalue weighted by Crippen LogP contribution is -2.30. The highest BCUT2D eigenvalue weighted by Gasteiger charge is 2.39. The number of hydrogen-bond acceptors (Lipinski definition) is 3. The van der Waals surface area contributed by atoms with Crippen molar-refractivity contribution in [2.75, 3.05) is 6.61 Å². The molecule has 0 N–H and O–H groups in total. The van der Waals surface area contributed by atoms with Crippen LogP contribution in [0.3, 0.4) is 0 Å². The standard InChI is InChI=1S/C9H16O3/c1-3-5-6-9(4-2)7-11-8(10)12-9/h3-7H2,1-2H3. The van der Waals surface area contributed by atoms with E-state index in [1.807, 2.05) is 6.92 Å². The summed E-state index contributed by atoms with van der Waals surface area (Å²) in [6.07, 6.45) is 3.47. The van der Waals surface area contributed by atoms with Gasteiger partial charge in [-0.15, -0.1) is 0 Å². The van der Waals surface area contributed by atoms with Gasteiger partial charge in [-0.3, -0.25) is 0 Å². The Morgan fingerprint density at radius 1 is 1.50 bits per heavy atom. The molecule has 0 amide bonds. The van der Waals surface area contributed by atoms with Gasteiger partial charge in [-0.05, 0) is 19.3 Å². The zero-order chi connectivity index (χ0) is 9.03. The maximum atomic E-state index is 10.7. The topological polar surface area (TPSA) is 35.5 Å². The third-order valence-corrected chi connectivity index (χ3v) is 2.38. The minimum absolute atomic E-state index is 0.312. The van der Waals surface area contributed by atoms with Crippen LogP contribution >= 0.6 is 0 Å². The molecule has 0 saturated carbocycles. The van der Waals surface area contributed by atoms with Crippen LogP contribution in [0.25, 0.3) is 0 Å². The Balaban J connectivity index is 2.46. The molecule has 0 radical (unpaired) electrons. The Morgan fingerprint density at radius 3 is 2.67 bits per heavy atom. The predicted molar refractivity (Wildman–Crippen MR) is 45.0 cm³/mol. The van der Waals surface area contributed by atoms with Crippen LogP contribution in [0.15, 0.2) is 0 Å². The quantitative estimate of drug-likeness (QED) is 0.611. The first-order valence-corrected chi connectivity index (χ1v) is 4.58. The van der Waals surface area contributed by atoms with E-state index in [0.29, 0.717) is 6.61 Å². The van der Waals surface area contributed by atoms with Gasteiger partial charge < -0.3 is 9.47 Å². The summed E-state index contributed by atoms with van der Waals surface area (Å²) in [6.45, 7) is 4.58. The maximum Gasteiger partial charge on any atom is 0.509 e. The van der Waals surface area contributed by atoms with E-state index in [1.54, 1.807) is 0 Å². The highest BCUT2D eigenvalue weighted by molar-refractivity contribution is 5.62. The zero-order valence-corrected chi connectivity index (χ0v) is 7.76. The summed E-state index contributed by atoms with van der Waals surface area (Å²) in [6, 6.07) is 0. The second-order valence-corrected chi connectivity index (χ2v) is 3.28. The van der Waals surface area contributed by atoms with Crippen LogP contribution in [0.1, 0.15) is 39.5 Å². The minimum atomic E-state index is -0.507. The highest BCUT2D eigenvalue weighted by atomic mass is 16.8. The summed E-state index contributed by atoms with van der Waals surface area (Å²) in [4.78, 5) is 10.7. The molecule has 0 bridgehead atoms. The second-order valence-electron chi connectivity index (χ2n) is 3.28. The zero-order valence-electron chi connectivity index (χ0n) is 7.76. The molecule has 0 aromatic carbocycles. The Morgan fingerprint density at radius 2 is 2.25 bits per heavy atom. The first-order valence-electron chi connectivity index (χ1n) is 4.58. The number of rotatable bonds is 4. The fourth-order valence-electron chi connectivity index (χ4n) is 1.40. The van der Waals surface area contributed by atoms with Crippen LogP contribution in [-0.2, 0) is 9.47 Å². The molecule has 0 spiro atoms. The Bertz CT molecular complexity index is 167. The second kappa shape index (κ2) is 3.78. The number of ether oxygens (including phenoxy) is 2. The van der Waals surface area contributed by atoms with Gasteiger partial charge in [0.05, 0.1) is 0 Å². The molecule has 3 heteroatoms. The van der Waals surface area contributed by atoms with E-state index < -0.39 is 6.16 Å². The van der Waals surface area contributed by atoms with E-state index in [4.69, 9.17) is 9.47 Å². The van der Waals surface area contributed by atoms with Crippen LogP contribution in [0, 0.1) is 0 Å². The molecule has 12 heavy (non-hydrogen) atoms. The molecule has 0 aliphatic carbocycles. The number of carbonyl (C=O) groups excluding carboxylic acids is 1. The van der Waals surface area contributed by atoms with Gasteiger partial charge in [0.2, 0.25) is 0 Å².